The van der Waals surface area contributed by atoms with E-state index in [0.717, 1.165) is 0 Å². The van der Waals surface area contributed by atoms with Gasteiger partial charge in [-0.2, -0.15) is 17.0 Å². The van der Waals surface area contributed by atoms with Gasteiger partial charge < -0.3 is 0 Å². The minimum Gasteiger partial charge on any atom is -0.195 e. The maximum Gasteiger partial charge on any atom is 0.282 e. The van der Waals surface area contributed by atoms with Crippen LogP contribution in [0.25, 0.3) is 0 Å². The second kappa shape index (κ2) is 6.83. The molecule has 0 aliphatic heterocycles. The Labute approximate surface area is 102 Å². The Morgan fingerprint density at radius 1 is 1.20 bits per heavy atom. The minimum atomic E-state index is -3.29. The molecule has 0 saturated carbocycles. The lowest BCUT2D eigenvalue weighted by Crippen LogP contribution is -2.47. The van der Waals surface area contributed by atoms with Crippen LogP contribution in [0.1, 0.15) is 27.7 Å². The second-order valence-electron chi connectivity index (χ2n) is 3.49. The fourth-order valence-electron chi connectivity index (χ4n) is 1.42. The van der Waals surface area contributed by atoms with Crippen molar-refractivity contribution < 1.29 is 8.42 Å². The van der Waals surface area contributed by atoms with Crippen LogP contribution < -0.4 is 0 Å². The summed E-state index contributed by atoms with van der Waals surface area (Å²) in [4.78, 5) is 0. The molecule has 15 heavy (non-hydrogen) atoms. The summed E-state index contributed by atoms with van der Waals surface area (Å²) in [6.45, 7) is 9.04. The number of hydrogen-bond donors (Lipinski definition) is 0. The summed E-state index contributed by atoms with van der Waals surface area (Å²) >= 11 is 3.28. The summed E-state index contributed by atoms with van der Waals surface area (Å²) in [6.07, 6.45) is 0. The number of rotatable bonds is 7. The molecule has 0 saturated heterocycles. The van der Waals surface area contributed by atoms with E-state index in [1.807, 2.05) is 27.7 Å². The normalized spacial score (nSPS) is 13.1. The highest BCUT2D eigenvalue weighted by Crippen LogP contribution is 2.12. The fraction of sp³-hybridized carbons (Fsp3) is 1.00. The van der Waals surface area contributed by atoms with Crippen LogP contribution in [0.5, 0.6) is 0 Å². The van der Waals surface area contributed by atoms with Gasteiger partial charge in [-0.05, 0) is 13.8 Å². The van der Waals surface area contributed by atoms with Crippen molar-refractivity contribution in [1.29, 1.82) is 0 Å². The number of hydrogen-bond acceptors (Lipinski definition) is 2. The average Bonchev–Trinajstić information content (AvgIpc) is 2.14. The van der Waals surface area contributed by atoms with Crippen LogP contribution in [0, 0.1) is 0 Å². The van der Waals surface area contributed by atoms with Gasteiger partial charge in [-0.1, -0.05) is 29.8 Å². The highest BCUT2D eigenvalue weighted by atomic mass is 79.9. The Kier molecular flexibility index (Phi) is 6.99. The molecule has 0 amide bonds. The van der Waals surface area contributed by atoms with Gasteiger partial charge in [-0.3, -0.25) is 0 Å². The molecule has 0 aliphatic rings. The fourth-order valence-corrected chi connectivity index (χ4v) is 3.84. The van der Waals surface area contributed by atoms with Crippen LogP contribution in [-0.2, 0) is 10.2 Å². The predicted octanol–water partition coefficient (Wildman–Crippen LogP) is 1.68. The van der Waals surface area contributed by atoms with Gasteiger partial charge in [0.1, 0.15) is 0 Å². The van der Waals surface area contributed by atoms with Crippen molar-refractivity contribution in [3.05, 3.63) is 0 Å². The van der Waals surface area contributed by atoms with Gasteiger partial charge in [-0.25, -0.2) is 0 Å². The van der Waals surface area contributed by atoms with Crippen molar-refractivity contribution >= 4 is 26.1 Å². The molecule has 0 N–H and O–H groups in total. The van der Waals surface area contributed by atoms with Crippen LogP contribution in [0.3, 0.4) is 0 Å². The summed E-state index contributed by atoms with van der Waals surface area (Å²) in [6, 6.07) is -0.00634. The lowest BCUT2D eigenvalue weighted by atomic mass is 10.4. The zero-order valence-electron chi connectivity index (χ0n) is 9.90. The van der Waals surface area contributed by atoms with Crippen LogP contribution in [0.15, 0.2) is 0 Å². The second-order valence-corrected chi connectivity index (χ2v) is 6.16. The maximum atomic E-state index is 12.2. The minimum absolute atomic E-state index is 0.00634. The molecule has 0 aromatic carbocycles. The molecule has 0 aromatic rings. The van der Waals surface area contributed by atoms with E-state index in [0.29, 0.717) is 25.0 Å². The van der Waals surface area contributed by atoms with Gasteiger partial charge >= 0.3 is 0 Å². The van der Waals surface area contributed by atoms with E-state index in [-0.39, 0.29) is 6.04 Å². The zero-order valence-corrected chi connectivity index (χ0v) is 12.3. The molecule has 0 spiro atoms. The molecular formula is C9H21BrN2O2S. The van der Waals surface area contributed by atoms with Crippen molar-refractivity contribution in [2.24, 2.45) is 0 Å². The van der Waals surface area contributed by atoms with Gasteiger partial charge in [-0.15, -0.1) is 0 Å². The Balaban J connectivity index is 4.93. The lowest BCUT2D eigenvalue weighted by molar-refractivity contribution is 0.323. The Morgan fingerprint density at radius 3 is 1.93 bits per heavy atom. The van der Waals surface area contributed by atoms with E-state index < -0.39 is 10.2 Å². The van der Waals surface area contributed by atoms with E-state index in [2.05, 4.69) is 15.9 Å². The molecule has 0 bridgehead atoms. The average molecular weight is 301 g/mol. The molecule has 0 aromatic heterocycles. The van der Waals surface area contributed by atoms with Crippen molar-refractivity contribution in [3.8, 4) is 0 Å². The molecule has 0 rings (SSSR count). The summed E-state index contributed by atoms with van der Waals surface area (Å²) < 4.78 is 27.3. The first-order valence-corrected chi connectivity index (χ1v) is 7.76. The highest BCUT2D eigenvalue weighted by Gasteiger charge is 2.28. The van der Waals surface area contributed by atoms with Crippen molar-refractivity contribution in [2.75, 3.05) is 25.0 Å². The topological polar surface area (TPSA) is 40.6 Å². The third kappa shape index (κ3) is 4.01. The molecular weight excluding hydrogens is 280 g/mol. The third-order valence-electron chi connectivity index (χ3n) is 2.21. The number of alkyl halides is 1. The molecule has 92 valence electrons. The van der Waals surface area contributed by atoms with Gasteiger partial charge in [0.2, 0.25) is 0 Å². The van der Waals surface area contributed by atoms with E-state index in [1.165, 1.54) is 8.61 Å². The smallest absolute Gasteiger partial charge is 0.195 e. The monoisotopic (exact) mass is 300 g/mol. The van der Waals surface area contributed by atoms with Crippen molar-refractivity contribution in [1.82, 2.24) is 8.61 Å². The Bertz CT molecular complexity index is 263. The number of nitrogens with zero attached hydrogens (tertiary/aromatic N) is 2. The molecule has 0 aliphatic carbocycles. The van der Waals surface area contributed by atoms with Gasteiger partial charge in [0, 0.05) is 31.0 Å². The quantitative estimate of drug-likeness (QED) is 0.671. The van der Waals surface area contributed by atoms with Gasteiger partial charge in [0.15, 0.2) is 0 Å². The van der Waals surface area contributed by atoms with Crippen LogP contribution in [0.2, 0.25) is 0 Å². The Hall–Kier alpha value is 0.350. The van der Waals surface area contributed by atoms with Crippen molar-refractivity contribution in [3.63, 3.8) is 0 Å². The molecule has 0 unspecified atom stereocenters. The molecule has 0 radical (unpaired) electrons. The highest BCUT2D eigenvalue weighted by molar-refractivity contribution is 9.09. The zero-order chi connectivity index (χ0) is 12.1. The first-order chi connectivity index (χ1) is 6.91. The van der Waals surface area contributed by atoms with Crippen LogP contribution in [-0.4, -0.2) is 48.0 Å². The molecule has 0 heterocycles. The van der Waals surface area contributed by atoms with Crippen molar-refractivity contribution in [2.45, 2.75) is 33.7 Å². The van der Waals surface area contributed by atoms with E-state index in [1.54, 1.807) is 0 Å². The van der Waals surface area contributed by atoms with E-state index in [4.69, 9.17) is 0 Å². The molecule has 6 heteroatoms. The summed E-state index contributed by atoms with van der Waals surface area (Å²) in [5.41, 5.74) is 0. The summed E-state index contributed by atoms with van der Waals surface area (Å²) in [7, 11) is -3.29. The maximum absolute atomic E-state index is 12.2. The predicted molar refractivity (Wildman–Crippen MR) is 67.5 cm³/mol. The molecule has 0 atom stereocenters. The lowest BCUT2D eigenvalue weighted by Gasteiger charge is -2.30. The summed E-state index contributed by atoms with van der Waals surface area (Å²) in [5, 5.41) is 0.658. The third-order valence-corrected chi connectivity index (χ3v) is 4.93. The van der Waals surface area contributed by atoms with Gasteiger partial charge in [0.05, 0.1) is 0 Å². The number of halogens is 1. The first-order valence-electron chi connectivity index (χ1n) is 5.24. The largest absolute Gasteiger partial charge is 0.282 e. The van der Waals surface area contributed by atoms with Crippen LogP contribution in [0.4, 0.5) is 0 Å². The standard InChI is InChI=1S/C9H21BrN2O2S/c1-5-11(6-2)15(13,14)12(8-7-10)9(3)4/h9H,5-8H2,1-4H3. The first kappa shape index (κ1) is 15.3. The van der Waals surface area contributed by atoms with E-state index >= 15 is 0 Å². The molecule has 4 nitrogen and oxygen atoms in total. The SMILES string of the molecule is CCN(CC)S(=O)(=O)N(CCBr)C(C)C. The van der Waals surface area contributed by atoms with Crippen LogP contribution >= 0.6 is 15.9 Å². The Morgan fingerprint density at radius 2 is 1.67 bits per heavy atom. The van der Waals surface area contributed by atoms with E-state index in [9.17, 15) is 8.42 Å². The molecule has 0 fully saturated rings. The van der Waals surface area contributed by atoms with Gasteiger partial charge in [0.25, 0.3) is 10.2 Å². The summed E-state index contributed by atoms with van der Waals surface area (Å²) in [5.74, 6) is 0.